The van der Waals surface area contributed by atoms with Crippen molar-refractivity contribution in [2.24, 2.45) is 0 Å². The summed E-state index contributed by atoms with van der Waals surface area (Å²) in [5, 5.41) is 12.3. The predicted molar refractivity (Wildman–Crippen MR) is 98.3 cm³/mol. The molecular weight excluding hydrogens is 346 g/mol. The van der Waals surface area contributed by atoms with Crippen molar-refractivity contribution >= 4 is 17.8 Å². The molecule has 3 aromatic rings. The number of hydrogen-bond acceptors (Lipinski definition) is 5. The van der Waals surface area contributed by atoms with E-state index >= 15 is 0 Å². The van der Waals surface area contributed by atoms with Crippen molar-refractivity contribution in [2.45, 2.75) is 12.5 Å². The predicted octanol–water partition coefficient (Wildman–Crippen LogP) is 2.29. The highest BCUT2D eigenvalue weighted by Crippen LogP contribution is 2.29. The first kappa shape index (κ1) is 16.8. The van der Waals surface area contributed by atoms with Gasteiger partial charge in [-0.15, -0.1) is 5.10 Å². The minimum absolute atomic E-state index is 0.0985. The van der Waals surface area contributed by atoms with E-state index < -0.39 is 0 Å². The zero-order valence-electron chi connectivity index (χ0n) is 14.5. The molecule has 1 aromatic heterocycles. The number of benzene rings is 2. The van der Waals surface area contributed by atoms with Crippen molar-refractivity contribution in [2.75, 3.05) is 12.4 Å². The number of carbonyl (C=O) groups is 2. The minimum atomic E-state index is -0.360. The number of fused-ring (bicyclic) bond motifs is 1. The summed E-state index contributed by atoms with van der Waals surface area (Å²) in [6.45, 7) is 0. The molecule has 0 aliphatic carbocycles. The molecular formula is C19H17N5O3. The number of nitrogens with zero attached hydrogens (tertiary/aromatic N) is 2. The fourth-order valence-corrected chi connectivity index (χ4v) is 3.12. The van der Waals surface area contributed by atoms with Gasteiger partial charge in [-0.25, -0.2) is 0 Å². The maximum absolute atomic E-state index is 12.4. The normalized spacial score (nSPS) is 15.1. The molecule has 27 heavy (non-hydrogen) atoms. The number of aromatic nitrogens is 3. The van der Waals surface area contributed by atoms with Gasteiger partial charge in [0, 0.05) is 5.56 Å². The van der Waals surface area contributed by atoms with Crippen LogP contribution in [0.3, 0.4) is 0 Å². The molecule has 4 rings (SSSR count). The van der Waals surface area contributed by atoms with Crippen molar-refractivity contribution in [1.29, 1.82) is 0 Å². The van der Waals surface area contributed by atoms with E-state index in [1.165, 1.54) is 0 Å². The number of H-pyrrole nitrogens is 1. The summed E-state index contributed by atoms with van der Waals surface area (Å²) in [6.07, 6.45) is 0.0985. The number of rotatable bonds is 5. The van der Waals surface area contributed by atoms with Gasteiger partial charge in [0.1, 0.15) is 5.75 Å². The van der Waals surface area contributed by atoms with Crippen molar-refractivity contribution in [3.63, 3.8) is 0 Å². The van der Waals surface area contributed by atoms with Crippen LogP contribution in [0, 0.1) is 0 Å². The fourth-order valence-electron chi connectivity index (χ4n) is 3.12. The zero-order valence-corrected chi connectivity index (χ0v) is 14.5. The number of amides is 2. The quantitative estimate of drug-likeness (QED) is 0.644. The Bertz CT molecular complexity index is 1010. The van der Waals surface area contributed by atoms with E-state index in [1.54, 1.807) is 19.2 Å². The fraction of sp³-hybridized carbons (Fsp3) is 0.158. The van der Waals surface area contributed by atoms with Gasteiger partial charge in [0.25, 0.3) is 5.91 Å². The monoisotopic (exact) mass is 363 g/mol. The molecule has 0 saturated carbocycles. The largest absolute Gasteiger partial charge is 0.496 e. The summed E-state index contributed by atoms with van der Waals surface area (Å²) in [5.74, 6) is 0.847. The summed E-state index contributed by atoms with van der Waals surface area (Å²) in [4.78, 5) is 28.6. The van der Waals surface area contributed by atoms with Crippen molar-refractivity contribution in [3.8, 4) is 17.1 Å². The average Bonchev–Trinajstić information content (AvgIpc) is 3.27. The van der Waals surface area contributed by atoms with Crippen LogP contribution in [-0.4, -0.2) is 34.1 Å². The minimum Gasteiger partial charge on any atom is -0.496 e. The average molecular weight is 363 g/mol. The van der Waals surface area contributed by atoms with Gasteiger partial charge in [0.15, 0.2) is 5.82 Å². The maximum Gasteiger partial charge on any atom is 0.252 e. The van der Waals surface area contributed by atoms with Gasteiger partial charge < -0.3 is 10.1 Å². The number of nitrogens with one attached hydrogen (secondary N) is 3. The maximum atomic E-state index is 12.4. The Morgan fingerprint density at radius 3 is 2.70 bits per heavy atom. The third-order valence-corrected chi connectivity index (χ3v) is 4.37. The van der Waals surface area contributed by atoms with E-state index in [9.17, 15) is 9.59 Å². The second-order valence-electron chi connectivity index (χ2n) is 6.07. The molecule has 2 aromatic carbocycles. The van der Waals surface area contributed by atoms with Gasteiger partial charge in [0.05, 0.1) is 25.1 Å². The van der Waals surface area contributed by atoms with Gasteiger partial charge >= 0.3 is 0 Å². The van der Waals surface area contributed by atoms with Crippen LogP contribution in [0.25, 0.3) is 11.4 Å². The highest BCUT2D eigenvalue weighted by molar-refractivity contribution is 6.00. The number of carbonyl (C=O) groups excluding carboxylic acids is 2. The summed E-state index contributed by atoms with van der Waals surface area (Å²) in [5.41, 5.74) is 2.17. The molecule has 8 heteroatoms. The lowest BCUT2D eigenvalue weighted by Crippen LogP contribution is -2.24. The Hall–Kier alpha value is -3.68. The first-order chi connectivity index (χ1) is 13.2. The van der Waals surface area contributed by atoms with Gasteiger partial charge in [-0.05, 0) is 23.8 Å². The molecule has 8 nitrogen and oxygen atoms in total. The number of aromatic amines is 1. The molecule has 136 valence electrons. The number of para-hydroxylation sites is 1. The number of methoxy groups -OCH3 is 1. The molecule has 0 radical (unpaired) electrons. The van der Waals surface area contributed by atoms with E-state index in [0.717, 1.165) is 11.1 Å². The smallest absolute Gasteiger partial charge is 0.252 e. The number of anilines is 1. The summed E-state index contributed by atoms with van der Waals surface area (Å²) in [6, 6.07) is 14.3. The molecule has 1 atom stereocenters. The van der Waals surface area contributed by atoms with Crippen molar-refractivity contribution < 1.29 is 14.3 Å². The lowest BCUT2D eigenvalue weighted by atomic mass is 10.0. The topological polar surface area (TPSA) is 109 Å². The van der Waals surface area contributed by atoms with Crippen LogP contribution in [0.2, 0.25) is 0 Å². The third-order valence-electron chi connectivity index (χ3n) is 4.37. The molecule has 0 fully saturated rings. The van der Waals surface area contributed by atoms with Crippen LogP contribution >= 0.6 is 0 Å². The van der Waals surface area contributed by atoms with E-state index in [-0.39, 0.29) is 30.2 Å². The molecule has 2 heterocycles. The Kier molecular flexibility index (Phi) is 4.29. The van der Waals surface area contributed by atoms with Crippen LogP contribution in [0.1, 0.15) is 28.4 Å². The first-order valence-corrected chi connectivity index (χ1v) is 8.41. The van der Waals surface area contributed by atoms with Crippen LogP contribution < -0.4 is 15.4 Å². The van der Waals surface area contributed by atoms with E-state index in [2.05, 4.69) is 25.8 Å². The lowest BCUT2D eigenvalue weighted by molar-refractivity contribution is -0.116. The first-order valence-electron chi connectivity index (χ1n) is 8.41. The lowest BCUT2D eigenvalue weighted by Gasteiger charge is -2.10. The molecule has 0 unspecified atom stereocenters. The number of hydrogen-bond donors (Lipinski definition) is 3. The van der Waals surface area contributed by atoms with Gasteiger partial charge in [-0.1, -0.05) is 30.3 Å². The van der Waals surface area contributed by atoms with Crippen LogP contribution in [0.4, 0.5) is 5.95 Å². The van der Waals surface area contributed by atoms with Gasteiger partial charge in [-0.2, -0.15) is 4.98 Å². The van der Waals surface area contributed by atoms with Crippen LogP contribution in [0.15, 0.2) is 48.5 Å². The Balaban J connectivity index is 1.46. The number of ether oxygens (including phenoxy) is 1. The van der Waals surface area contributed by atoms with Crippen LogP contribution in [-0.2, 0) is 4.79 Å². The highest BCUT2D eigenvalue weighted by atomic mass is 16.5. The summed E-state index contributed by atoms with van der Waals surface area (Å²) >= 11 is 0. The Labute approximate surface area is 155 Å². The molecule has 2 amide bonds. The standard InChI is InChI=1S/C19H17N5O3/c1-27-15-9-5-4-8-13(15)17-22-19(24-23-17)21-16(25)10-14-11-6-2-3-7-12(11)18(26)20-14/h2-9,14H,10H2,1H3,(H,20,26)(H2,21,22,23,24,25)/t14-/m1/s1. The Morgan fingerprint density at radius 1 is 1.15 bits per heavy atom. The summed E-state index contributed by atoms with van der Waals surface area (Å²) in [7, 11) is 1.58. The zero-order chi connectivity index (χ0) is 18.8. The Morgan fingerprint density at radius 2 is 1.89 bits per heavy atom. The second kappa shape index (κ2) is 6.91. The molecule has 0 saturated heterocycles. The molecule has 3 N–H and O–H groups in total. The molecule has 1 aliphatic heterocycles. The molecule has 1 aliphatic rings. The van der Waals surface area contributed by atoms with E-state index in [4.69, 9.17) is 4.74 Å². The third kappa shape index (κ3) is 3.24. The van der Waals surface area contributed by atoms with Gasteiger partial charge in [-0.3, -0.25) is 20.0 Å². The van der Waals surface area contributed by atoms with Crippen molar-refractivity contribution in [3.05, 3.63) is 59.7 Å². The molecule has 0 bridgehead atoms. The van der Waals surface area contributed by atoms with Gasteiger partial charge in [0.2, 0.25) is 11.9 Å². The molecule has 0 spiro atoms. The SMILES string of the molecule is COc1ccccc1-c1nc(NC(=O)C[C@H]2NC(=O)c3ccccc32)n[nH]1. The van der Waals surface area contributed by atoms with E-state index in [1.807, 2.05) is 36.4 Å². The van der Waals surface area contributed by atoms with Crippen LogP contribution in [0.5, 0.6) is 5.75 Å². The summed E-state index contributed by atoms with van der Waals surface area (Å²) < 4.78 is 5.31. The van der Waals surface area contributed by atoms with Crippen molar-refractivity contribution in [1.82, 2.24) is 20.5 Å². The highest BCUT2D eigenvalue weighted by Gasteiger charge is 2.29. The van der Waals surface area contributed by atoms with E-state index in [0.29, 0.717) is 17.1 Å². The second-order valence-corrected chi connectivity index (χ2v) is 6.07.